The lowest BCUT2D eigenvalue weighted by Gasteiger charge is -2.35. The third kappa shape index (κ3) is 3.46. The number of hydrogen-bond acceptors (Lipinski definition) is 4. The van der Waals surface area contributed by atoms with Crippen LogP contribution in [0.5, 0.6) is 0 Å². The van der Waals surface area contributed by atoms with Crippen LogP contribution in [0.25, 0.3) is 0 Å². The maximum absolute atomic E-state index is 11.6. The maximum Gasteiger partial charge on any atom is 0.312 e. The highest BCUT2D eigenvalue weighted by atomic mass is 16.5. The molecule has 0 amide bonds. The lowest BCUT2D eigenvalue weighted by atomic mass is 9.92. The van der Waals surface area contributed by atoms with Crippen LogP contribution in [0.3, 0.4) is 0 Å². The Morgan fingerprint density at radius 1 is 1.44 bits per heavy atom. The van der Waals surface area contributed by atoms with E-state index >= 15 is 0 Å². The minimum Gasteiger partial charge on any atom is -0.469 e. The molecule has 0 aromatic carbocycles. The Bertz CT molecular complexity index is 234. The molecule has 0 N–H and O–H groups in total. The van der Waals surface area contributed by atoms with Crippen LogP contribution in [0, 0.1) is 5.41 Å². The molecule has 0 spiro atoms. The van der Waals surface area contributed by atoms with Gasteiger partial charge in [-0.1, -0.05) is 0 Å². The fourth-order valence-corrected chi connectivity index (χ4v) is 2.22. The normalized spacial score (nSPS) is 18.8. The van der Waals surface area contributed by atoms with E-state index in [-0.39, 0.29) is 5.97 Å². The molecular weight excluding hydrogens is 206 g/mol. The molecule has 0 aromatic heterocycles. The summed E-state index contributed by atoms with van der Waals surface area (Å²) in [6.45, 7) is 6.23. The average Bonchev–Trinajstić information content (AvgIpc) is 2.28. The summed E-state index contributed by atoms with van der Waals surface area (Å²) in [5, 5.41) is 0. The number of hydrogen-bond donors (Lipinski definition) is 0. The fourth-order valence-electron chi connectivity index (χ4n) is 2.22. The smallest absolute Gasteiger partial charge is 0.312 e. The zero-order valence-electron chi connectivity index (χ0n) is 10.8. The number of esters is 1. The SMILES string of the molecule is COC(=O)C(C)(C)CN(C)C1CCOCC1. The molecule has 1 saturated heterocycles. The Hall–Kier alpha value is -0.610. The molecule has 0 unspecified atom stereocenters. The van der Waals surface area contributed by atoms with E-state index in [1.807, 2.05) is 13.8 Å². The number of nitrogens with zero attached hydrogens (tertiary/aromatic N) is 1. The van der Waals surface area contributed by atoms with Gasteiger partial charge in [0.2, 0.25) is 0 Å². The topological polar surface area (TPSA) is 38.8 Å². The van der Waals surface area contributed by atoms with Crippen molar-refractivity contribution in [3.8, 4) is 0 Å². The van der Waals surface area contributed by atoms with Gasteiger partial charge in [0, 0.05) is 25.8 Å². The molecule has 0 atom stereocenters. The molecule has 1 aliphatic rings. The Labute approximate surface area is 97.9 Å². The number of carbonyl (C=O) groups is 1. The Balaban J connectivity index is 2.48. The second-order valence-electron chi connectivity index (χ2n) is 5.13. The Morgan fingerprint density at radius 3 is 2.50 bits per heavy atom. The summed E-state index contributed by atoms with van der Waals surface area (Å²) in [6, 6.07) is 0.526. The highest BCUT2D eigenvalue weighted by Gasteiger charge is 2.32. The van der Waals surface area contributed by atoms with Crippen molar-refractivity contribution in [2.45, 2.75) is 32.7 Å². The second-order valence-corrected chi connectivity index (χ2v) is 5.13. The van der Waals surface area contributed by atoms with Crippen molar-refractivity contribution in [2.75, 3.05) is 33.9 Å². The molecule has 0 aromatic rings. The zero-order valence-corrected chi connectivity index (χ0v) is 10.8. The molecule has 4 heteroatoms. The molecule has 1 fully saturated rings. The van der Waals surface area contributed by atoms with Crippen molar-refractivity contribution in [1.82, 2.24) is 4.90 Å². The Morgan fingerprint density at radius 2 is 2.00 bits per heavy atom. The van der Waals surface area contributed by atoms with E-state index in [0.717, 1.165) is 32.6 Å². The molecule has 94 valence electrons. The molecule has 0 saturated carbocycles. The van der Waals surface area contributed by atoms with Crippen molar-refractivity contribution in [2.24, 2.45) is 5.41 Å². The molecule has 1 rings (SSSR count). The van der Waals surface area contributed by atoms with Gasteiger partial charge in [-0.15, -0.1) is 0 Å². The quantitative estimate of drug-likeness (QED) is 0.681. The van der Waals surface area contributed by atoms with Gasteiger partial charge in [0.1, 0.15) is 0 Å². The van der Waals surface area contributed by atoms with E-state index < -0.39 is 5.41 Å². The summed E-state index contributed by atoms with van der Waals surface area (Å²) in [6.07, 6.45) is 2.10. The molecule has 0 radical (unpaired) electrons. The standard InChI is InChI=1S/C12H23NO3/c1-12(2,11(14)15-4)9-13(3)10-5-7-16-8-6-10/h10H,5-9H2,1-4H3. The minimum atomic E-state index is -0.443. The van der Waals surface area contributed by atoms with Gasteiger partial charge in [-0.25, -0.2) is 0 Å². The summed E-state index contributed by atoms with van der Waals surface area (Å²) < 4.78 is 10.1. The van der Waals surface area contributed by atoms with E-state index in [0.29, 0.717) is 6.04 Å². The predicted molar refractivity (Wildman–Crippen MR) is 62.3 cm³/mol. The van der Waals surface area contributed by atoms with E-state index in [2.05, 4.69) is 11.9 Å². The molecule has 0 aliphatic carbocycles. The molecule has 1 aliphatic heterocycles. The predicted octanol–water partition coefficient (Wildman–Crippen LogP) is 1.30. The van der Waals surface area contributed by atoms with Crippen LogP contribution in [-0.4, -0.2) is 50.8 Å². The third-order valence-corrected chi connectivity index (χ3v) is 3.20. The van der Waals surface area contributed by atoms with Crippen molar-refractivity contribution in [3.63, 3.8) is 0 Å². The first kappa shape index (κ1) is 13.5. The van der Waals surface area contributed by atoms with Gasteiger partial charge < -0.3 is 14.4 Å². The summed E-state index contributed by atoms with van der Waals surface area (Å²) in [5.74, 6) is -0.147. The summed E-state index contributed by atoms with van der Waals surface area (Å²) >= 11 is 0. The lowest BCUT2D eigenvalue weighted by Crippen LogP contribution is -2.44. The van der Waals surface area contributed by atoms with Gasteiger partial charge in [-0.3, -0.25) is 4.79 Å². The second kappa shape index (κ2) is 5.64. The van der Waals surface area contributed by atoms with Gasteiger partial charge in [0.15, 0.2) is 0 Å². The van der Waals surface area contributed by atoms with Gasteiger partial charge in [0.25, 0.3) is 0 Å². The van der Waals surface area contributed by atoms with E-state index in [4.69, 9.17) is 9.47 Å². The monoisotopic (exact) mass is 229 g/mol. The summed E-state index contributed by atoms with van der Waals surface area (Å²) in [7, 11) is 3.51. The minimum absolute atomic E-state index is 0.147. The van der Waals surface area contributed by atoms with Gasteiger partial charge >= 0.3 is 5.97 Å². The Kier molecular flexibility index (Phi) is 4.74. The first-order chi connectivity index (χ1) is 7.47. The van der Waals surface area contributed by atoms with E-state index in [1.54, 1.807) is 0 Å². The van der Waals surface area contributed by atoms with E-state index in [1.165, 1.54) is 7.11 Å². The van der Waals surface area contributed by atoms with Crippen molar-refractivity contribution < 1.29 is 14.3 Å². The average molecular weight is 229 g/mol. The molecule has 0 bridgehead atoms. The molecule has 4 nitrogen and oxygen atoms in total. The third-order valence-electron chi connectivity index (χ3n) is 3.20. The van der Waals surface area contributed by atoms with Gasteiger partial charge in [-0.05, 0) is 33.7 Å². The zero-order chi connectivity index (χ0) is 12.2. The van der Waals surface area contributed by atoms with Gasteiger partial charge in [0.05, 0.1) is 12.5 Å². The molecule has 16 heavy (non-hydrogen) atoms. The van der Waals surface area contributed by atoms with E-state index in [9.17, 15) is 4.79 Å². The van der Waals surface area contributed by atoms with Crippen LogP contribution in [0.15, 0.2) is 0 Å². The number of ether oxygens (including phenoxy) is 2. The van der Waals surface area contributed by atoms with Crippen LogP contribution >= 0.6 is 0 Å². The fraction of sp³-hybridized carbons (Fsp3) is 0.917. The first-order valence-corrected chi connectivity index (χ1v) is 5.84. The number of methoxy groups -OCH3 is 1. The van der Waals surface area contributed by atoms with Crippen molar-refractivity contribution >= 4 is 5.97 Å². The number of carbonyl (C=O) groups excluding carboxylic acids is 1. The van der Waals surface area contributed by atoms with Crippen molar-refractivity contribution in [3.05, 3.63) is 0 Å². The number of rotatable bonds is 4. The first-order valence-electron chi connectivity index (χ1n) is 5.84. The molecular formula is C12H23NO3. The molecule has 1 heterocycles. The van der Waals surface area contributed by atoms with Crippen LogP contribution < -0.4 is 0 Å². The van der Waals surface area contributed by atoms with Crippen LogP contribution in [-0.2, 0) is 14.3 Å². The summed E-state index contributed by atoms with van der Waals surface area (Å²) in [5.41, 5.74) is -0.443. The van der Waals surface area contributed by atoms with Crippen molar-refractivity contribution in [1.29, 1.82) is 0 Å². The maximum atomic E-state index is 11.6. The summed E-state index contributed by atoms with van der Waals surface area (Å²) in [4.78, 5) is 13.8. The van der Waals surface area contributed by atoms with Crippen LogP contribution in [0.4, 0.5) is 0 Å². The highest BCUT2D eigenvalue weighted by molar-refractivity contribution is 5.76. The van der Waals surface area contributed by atoms with Gasteiger partial charge in [-0.2, -0.15) is 0 Å². The largest absolute Gasteiger partial charge is 0.469 e. The lowest BCUT2D eigenvalue weighted by molar-refractivity contribution is -0.152. The van der Waals surface area contributed by atoms with Crippen LogP contribution in [0.2, 0.25) is 0 Å². The van der Waals surface area contributed by atoms with Crippen LogP contribution in [0.1, 0.15) is 26.7 Å². The highest BCUT2D eigenvalue weighted by Crippen LogP contribution is 2.22.